The lowest BCUT2D eigenvalue weighted by Crippen LogP contribution is -2.35. The number of aromatic nitrogens is 3. The molecule has 1 aliphatic heterocycles. The second-order valence-corrected chi connectivity index (χ2v) is 8.55. The summed E-state index contributed by atoms with van der Waals surface area (Å²) in [5, 5.41) is 0.0543. The molecule has 0 aliphatic carbocycles. The van der Waals surface area contributed by atoms with Gasteiger partial charge < -0.3 is 14.0 Å². The molecule has 1 saturated heterocycles. The summed E-state index contributed by atoms with van der Waals surface area (Å²) in [5.74, 6) is -1.87. The Kier molecular flexibility index (Phi) is 5.85. The van der Waals surface area contributed by atoms with Crippen LogP contribution in [0.3, 0.4) is 0 Å². The molecule has 186 valence electrons. The Morgan fingerprint density at radius 1 is 1.17 bits per heavy atom. The van der Waals surface area contributed by atoms with E-state index in [9.17, 15) is 31.5 Å². The van der Waals surface area contributed by atoms with E-state index >= 15 is 0 Å². The molecule has 0 radical (unpaired) electrons. The van der Waals surface area contributed by atoms with E-state index in [2.05, 4.69) is 4.98 Å². The van der Waals surface area contributed by atoms with Crippen molar-refractivity contribution in [2.45, 2.75) is 25.3 Å². The van der Waals surface area contributed by atoms with E-state index in [1.54, 1.807) is 29.0 Å². The van der Waals surface area contributed by atoms with Crippen molar-refractivity contribution in [3.05, 3.63) is 82.9 Å². The molecule has 1 atom stereocenters. The molecule has 36 heavy (non-hydrogen) atoms. The number of carbonyl (C=O) groups excluding carboxylic acids is 1. The Morgan fingerprint density at radius 2 is 1.97 bits per heavy atom. The van der Waals surface area contributed by atoms with Gasteiger partial charge in [0.2, 0.25) is 5.91 Å². The third kappa shape index (κ3) is 4.25. The molecular weight excluding hydrogens is 483 g/mol. The van der Waals surface area contributed by atoms with Crippen molar-refractivity contribution in [1.82, 2.24) is 19.0 Å². The van der Waals surface area contributed by atoms with Gasteiger partial charge in [-0.25, -0.2) is 8.78 Å². The summed E-state index contributed by atoms with van der Waals surface area (Å²) in [4.78, 5) is 31.6. The zero-order valence-electron chi connectivity index (χ0n) is 18.7. The van der Waals surface area contributed by atoms with Gasteiger partial charge in [-0.05, 0) is 42.3 Å². The highest BCUT2D eigenvalue weighted by Gasteiger charge is 2.34. The largest absolute Gasteiger partial charge is 0.419 e. The number of halogens is 5. The Hall–Kier alpha value is -4.02. The van der Waals surface area contributed by atoms with Gasteiger partial charge in [-0.15, -0.1) is 0 Å². The van der Waals surface area contributed by atoms with Crippen molar-refractivity contribution in [3.8, 4) is 16.8 Å². The number of fused-ring (bicyclic) bond motifs is 1. The fourth-order valence-electron chi connectivity index (χ4n) is 4.44. The van der Waals surface area contributed by atoms with Crippen LogP contribution < -0.4 is 5.56 Å². The molecule has 5 rings (SSSR count). The number of rotatable bonds is 4. The first-order valence-corrected chi connectivity index (χ1v) is 11.1. The Labute approximate surface area is 201 Å². The fraction of sp³-hybridized carbons (Fsp3) is 0.240. The first-order chi connectivity index (χ1) is 17.1. The summed E-state index contributed by atoms with van der Waals surface area (Å²) in [7, 11) is 0. The molecule has 1 unspecified atom stereocenters. The van der Waals surface area contributed by atoms with Gasteiger partial charge >= 0.3 is 6.18 Å². The predicted octanol–water partition coefficient (Wildman–Crippen LogP) is 4.58. The zero-order valence-corrected chi connectivity index (χ0v) is 18.7. The van der Waals surface area contributed by atoms with E-state index in [4.69, 9.17) is 0 Å². The fourth-order valence-corrected chi connectivity index (χ4v) is 4.44. The van der Waals surface area contributed by atoms with E-state index in [-0.39, 0.29) is 42.6 Å². The molecule has 1 fully saturated rings. The van der Waals surface area contributed by atoms with E-state index in [1.165, 1.54) is 29.6 Å². The SMILES string of the molecule is O=C(Cn1ccc2c(c(-c3ccc(F)c(C(F)(F)F)c3)cn2-c2cccnc2)c1=O)N1CCC(F)C1. The summed E-state index contributed by atoms with van der Waals surface area (Å²) in [5.41, 5.74) is -1.04. The van der Waals surface area contributed by atoms with Gasteiger partial charge in [0.15, 0.2) is 0 Å². The van der Waals surface area contributed by atoms with Crippen molar-refractivity contribution in [2.75, 3.05) is 13.1 Å². The van der Waals surface area contributed by atoms with Crippen LogP contribution >= 0.6 is 0 Å². The van der Waals surface area contributed by atoms with Crippen LogP contribution in [0.1, 0.15) is 12.0 Å². The standard InChI is InChI=1S/C25H19F5N4O2/c26-16-5-8-32(12-16)22(35)14-33-9-6-21-23(24(33)36)18(13-34(21)17-2-1-7-31-11-17)15-3-4-20(27)19(10-15)25(28,29)30/h1-4,6-7,9-11,13,16H,5,8,12,14H2. The number of alkyl halides is 4. The number of amides is 1. The lowest BCUT2D eigenvalue weighted by Gasteiger charge is -2.16. The average Bonchev–Trinajstić information content (AvgIpc) is 3.45. The van der Waals surface area contributed by atoms with Crippen LogP contribution in [0.4, 0.5) is 22.0 Å². The monoisotopic (exact) mass is 502 g/mol. The third-order valence-electron chi connectivity index (χ3n) is 6.23. The normalized spacial score (nSPS) is 16.1. The zero-order chi connectivity index (χ0) is 25.6. The minimum Gasteiger partial charge on any atom is -0.338 e. The van der Waals surface area contributed by atoms with Gasteiger partial charge in [0.1, 0.15) is 18.5 Å². The number of likely N-dealkylation sites (tertiary alicyclic amines) is 1. The van der Waals surface area contributed by atoms with Crippen molar-refractivity contribution in [3.63, 3.8) is 0 Å². The van der Waals surface area contributed by atoms with Gasteiger partial charge in [-0.3, -0.25) is 14.6 Å². The number of hydrogen-bond acceptors (Lipinski definition) is 3. The van der Waals surface area contributed by atoms with Gasteiger partial charge in [-0.2, -0.15) is 13.2 Å². The van der Waals surface area contributed by atoms with Crippen LogP contribution in [-0.4, -0.2) is 44.2 Å². The number of pyridine rings is 2. The molecule has 0 N–H and O–H groups in total. The first kappa shape index (κ1) is 23.7. The predicted molar refractivity (Wildman–Crippen MR) is 122 cm³/mol. The maximum Gasteiger partial charge on any atom is 0.419 e. The van der Waals surface area contributed by atoms with Crippen LogP contribution in [0.15, 0.2) is 66.0 Å². The highest BCUT2D eigenvalue weighted by molar-refractivity contribution is 5.96. The molecule has 3 aromatic heterocycles. The van der Waals surface area contributed by atoms with Crippen molar-refractivity contribution in [1.29, 1.82) is 0 Å². The summed E-state index contributed by atoms with van der Waals surface area (Å²) >= 11 is 0. The van der Waals surface area contributed by atoms with Crippen LogP contribution in [-0.2, 0) is 17.5 Å². The number of benzene rings is 1. The molecule has 1 amide bonds. The third-order valence-corrected chi connectivity index (χ3v) is 6.23. The molecule has 1 aromatic carbocycles. The molecule has 4 heterocycles. The van der Waals surface area contributed by atoms with Gasteiger partial charge in [0.25, 0.3) is 5.56 Å². The van der Waals surface area contributed by atoms with Crippen LogP contribution in [0, 0.1) is 5.82 Å². The molecule has 0 bridgehead atoms. The van der Waals surface area contributed by atoms with Crippen LogP contribution in [0.25, 0.3) is 27.7 Å². The Balaban J connectivity index is 1.68. The molecule has 0 spiro atoms. The van der Waals surface area contributed by atoms with E-state index in [0.29, 0.717) is 23.3 Å². The molecule has 0 saturated carbocycles. The highest BCUT2D eigenvalue weighted by Crippen LogP contribution is 2.37. The van der Waals surface area contributed by atoms with Crippen LogP contribution in [0.2, 0.25) is 0 Å². The Morgan fingerprint density at radius 3 is 2.64 bits per heavy atom. The quantitative estimate of drug-likeness (QED) is 0.384. The summed E-state index contributed by atoms with van der Waals surface area (Å²) in [6.45, 7) is -0.153. The summed E-state index contributed by atoms with van der Waals surface area (Å²) in [6, 6.07) is 7.46. The minimum absolute atomic E-state index is 0.0163. The summed E-state index contributed by atoms with van der Waals surface area (Å²) in [6.07, 6.45) is 0.136. The van der Waals surface area contributed by atoms with Gasteiger partial charge in [0.05, 0.1) is 34.9 Å². The van der Waals surface area contributed by atoms with E-state index in [0.717, 1.165) is 4.57 Å². The molecular formula is C25H19F5N4O2. The van der Waals surface area contributed by atoms with Crippen molar-refractivity contribution in [2.24, 2.45) is 0 Å². The first-order valence-electron chi connectivity index (χ1n) is 11.1. The highest BCUT2D eigenvalue weighted by atomic mass is 19.4. The molecule has 4 aromatic rings. The molecule has 11 heteroatoms. The van der Waals surface area contributed by atoms with Crippen LogP contribution in [0.5, 0.6) is 0 Å². The maximum atomic E-state index is 14.0. The number of carbonyl (C=O) groups is 1. The molecule has 6 nitrogen and oxygen atoms in total. The lowest BCUT2D eigenvalue weighted by molar-refractivity contribution is -0.140. The second kappa shape index (κ2) is 8.89. The van der Waals surface area contributed by atoms with Crippen molar-refractivity contribution < 1.29 is 26.7 Å². The minimum atomic E-state index is -4.93. The smallest absolute Gasteiger partial charge is 0.338 e. The lowest BCUT2D eigenvalue weighted by atomic mass is 10.0. The average molecular weight is 502 g/mol. The van der Waals surface area contributed by atoms with Crippen molar-refractivity contribution >= 4 is 16.8 Å². The summed E-state index contributed by atoms with van der Waals surface area (Å²) < 4.78 is 70.4. The Bertz CT molecular complexity index is 1510. The van der Waals surface area contributed by atoms with E-state index in [1.807, 2.05) is 0 Å². The molecule has 1 aliphatic rings. The van der Waals surface area contributed by atoms with E-state index < -0.39 is 35.2 Å². The number of nitrogens with zero attached hydrogens (tertiary/aromatic N) is 4. The second-order valence-electron chi connectivity index (χ2n) is 8.55. The van der Waals surface area contributed by atoms with Gasteiger partial charge in [-0.1, -0.05) is 6.07 Å². The number of hydrogen-bond donors (Lipinski definition) is 0. The topological polar surface area (TPSA) is 60.1 Å². The maximum absolute atomic E-state index is 14.0. The van der Waals surface area contributed by atoms with Gasteiger partial charge in [0, 0.05) is 30.7 Å².